The zero-order chi connectivity index (χ0) is 19.5. The zero-order valence-corrected chi connectivity index (χ0v) is 17.0. The summed E-state index contributed by atoms with van der Waals surface area (Å²) in [6, 6.07) is 6.37. The van der Waals surface area contributed by atoms with Gasteiger partial charge >= 0.3 is 18.3 Å². The molecular weight excluding hydrogens is 376 g/mol. The van der Waals surface area contributed by atoms with Gasteiger partial charge in [-0.15, -0.1) is 0 Å². The molecular formula is C18H30O6S2. The molecule has 0 aliphatic carbocycles. The normalized spacial score (nSPS) is 12.2. The number of para-hydroxylation sites is 1. The molecule has 0 atom stereocenters. The second-order valence-electron chi connectivity index (χ2n) is 6.46. The van der Waals surface area contributed by atoms with Crippen LogP contribution in [0.15, 0.2) is 24.3 Å². The topological polar surface area (TPSA) is 97.7 Å². The lowest BCUT2D eigenvalue weighted by molar-refractivity contribution is 0.460. The fraction of sp³-hybridized carbons (Fsp3) is 0.667. The Kier molecular flexibility index (Phi) is 10.2. The molecule has 1 rings (SSSR count). The largest absolute Gasteiger partial charge is 0.444 e. The number of benzene rings is 1. The lowest BCUT2D eigenvalue weighted by atomic mass is 10.0. The SMILES string of the molecule is CCCCCCCCCCCCc1ccccc1OS(=O)(=O)S(=O)(=O)O. The Bertz CT molecular complexity index is 726. The predicted octanol–water partition coefficient (Wildman–Crippen LogP) is 4.66. The molecule has 6 nitrogen and oxygen atoms in total. The van der Waals surface area contributed by atoms with Gasteiger partial charge in [-0.3, -0.25) is 4.55 Å². The first-order chi connectivity index (χ1) is 12.3. The average molecular weight is 407 g/mol. The molecule has 1 aromatic carbocycles. The Morgan fingerprint density at radius 3 is 1.85 bits per heavy atom. The van der Waals surface area contributed by atoms with Crippen molar-refractivity contribution in [1.82, 2.24) is 0 Å². The molecule has 0 aliphatic rings. The van der Waals surface area contributed by atoms with E-state index in [2.05, 4.69) is 11.1 Å². The van der Waals surface area contributed by atoms with Crippen molar-refractivity contribution in [3.05, 3.63) is 29.8 Å². The van der Waals surface area contributed by atoms with Gasteiger partial charge in [-0.2, -0.15) is 16.8 Å². The molecule has 0 saturated heterocycles. The van der Waals surface area contributed by atoms with E-state index in [1.807, 2.05) is 0 Å². The van der Waals surface area contributed by atoms with Gasteiger partial charge in [0, 0.05) is 0 Å². The van der Waals surface area contributed by atoms with Crippen LogP contribution in [0.1, 0.15) is 76.7 Å². The van der Waals surface area contributed by atoms with Crippen molar-refractivity contribution in [3.63, 3.8) is 0 Å². The van der Waals surface area contributed by atoms with Gasteiger partial charge in [0.15, 0.2) is 0 Å². The van der Waals surface area contributed by atoms with E-state index in [-0.39, 0.29) is 5.75 Å². The Hall–Kier alpha value is -1.12. The number of rotatable bonds is 14. The molecule has 0 aromatic heterocycles. The minimum absolute atomic E-state index is 0.0546. The fourth-order valence-corrected chi connectivity index (χ4v) is 3.69. The van der Waals surface area contributed by atoms with Crippen LogP contribution in [-0.2, 0) is 24.7 Å². The van der Waals surface area contributed by atoms with E-state index in [1.54, 1.807) is 18.2 Å². The average Bonchev–Trinajstić information content (AvgIpc) is 2.56. The summed E-state index contributed by atoms with van der Waals surface area (Å²) in [4.78, 5) is 0. The molecule has 0 radical (unpaired) electrons. The van der Waals surface area contributed by atoms with Gasteiger partial charge in [0.05, 0.1) is 0 Å². The highest BCUT2D eigenvalue weighted by atomic mass is 33.2. The van der Waals surface area contributed by atoms with Crippen molar-refractivity contribution in [2.75, 3.05) is 0 Å². The smallest absolute Gasteiger partial charge is 0.369 e. The van der Waals surface area contributed by atoms with Crippen molar-refractivity contribution < 1.29 is 25.6 Å². The highest BCUT2D eigenvalue weighted by Gasteiger charge is 2.30. The van der Waals surface area contributed by atoms with Crippen molar-refractivity contribution in [3.8, 4) is 5.75 Å². The van der Waals surface area contributed by atoms with Crippen LogP contribution in [0.25, 0.3) is 0 Å². The van der Waals surface area contributed by atoms with Gasteiger partial charge in [0.25, 0.3) is 0 Å². The van der Waals surface area contributed by atoms with Crippen LogP contribution in [0.4, 0.5) is 0 Å². The highest BCUT2D eigenvalue weighted by molar-refractivity contribution is 8.63. The summed E-state index contributed by atoms with van der Waals surface area (Å²) < 4.78 is 57.9. The third-order valence-corrected chi connectivity index (χ3v) is 6.87. The summed E-state index contributed by atoms with van der Waals surface area (Å²) in [7, 11) is -10.4. The van der Waals surface area contributed by atoms with Crippen LogP contribution in [-0.4, -0.2) is 21.4 Å². The van der Waals surface area contributed by atoms with E-state index in [0.717, 1.165) is 19.3 Å². The minimum atomic E-state index is -5.31. The maximum atomic E-state index is 11.5. The molecule has 26 heavy (non-hydrogen) atoms. The van der Waals surface area contributed by atoms with Crippen molar-refractivity contribution in [2.45, 2.75) is 77.6 Å². The first kappa shape index (κ1) is 22.9. The quantitative estimate of drug-likeness (QED) is 0.274. The Labute approximate surface area is 157 Å². The molecule has 0 heterocycles. The molecule has 0 aliphatic heterocycles. The summed E-state index contributed by atoms with van der Waals surface area (Å²) in [5.41, 5.74) is 0.610. The molecule has 0 bridgehead atoms. The Balaban J connectivity index is 2.36. The van der Waals surface area contributed by atoms with Gasteiger partial charge in [0.1, 0.15) is 5.75 Å². The first-order valence-corrected chi connectivity index (χ1v) is 12.6. The fourth-order valence-electron chi connectivity index (χ4n) is 2.75. The van der Waals surface area contributed by atoms with Crippen molar-refractivity contribution in [2.24, 2.45) is 0 Å². The number of aryl methyl sites for hydroxylation is 1. The van der Waals surface area contributed by atoms with Crippen LogP contribution in [0.5, 0.6) is 5.75 Å². The summed E-state index contributed by atoms with van der Waals surface area (Å²) in [5.74, 6) is -0.0546. The molecule has 8 heteroatoms. The van der Waals surface area contributed by atoms with Gasteiger partial charge in [-0.25, -0.2) is 0 Å². The summed E-state index contributed by atoms with van der Waals surface area (Å²) >= 11 is 0. The molecule has 0 saturated carbocycles. The predicted molar refractivity (Wildman–Crippen MR) is 103 cm³/mol. The lowest BCUT2D eigenvalue weighted by Gasteiger charge is -2.10. The van der Waals surface area contributed by atoms with Gasteiger partial charge < -0.3 is 4.18 Å². The van der Waals surface area contributed by atoms with Gasteiger partial charge in [0.2, 0.25) is 0 Å². The Morgan fingerprint density at radius 1 is 0.808 bits per heavy atom. The number of unbranched alkanes of at least 4 members (excludes halogenated alkanes) is 9. The summed E-state index contributed by atoms with van der Waals surface area (Å²) in [6.07, 6.45) is 12.5. The van der Waals surface area contributed by atoms with Crippen LogP contribution >= 0.6 is 0 Å². The summed E-state index contributed by atoms with van der Waals surface area (Å²) in [5, 5.41) is 0. The molecule has 0 amide bonds. The summed E-state index contributed by atoms with van der Waals surface area (Å²) in [6.45, 7) is 2.21. The molecule has 0 unspecified atom stereocenters. The highest BCUT2D eigenvalue weighted by Crippen LogP contribution is 2.23. The van der Waals surface area contributed by atoms with Crippen molar-refractivity contribution >= 4 is 18.3 Å². The van der Waals surface area contributed by atoms with Crippen LogP contribution in [0.3, 0.4) is 0 Å². The molecule has 0 spiro atoms. The van der Waals surface area contributed by atoms with Crippen LogP contribution < -0.4 is 4.18 Å². The maximum absolute atomic E-state index is 11.5. The second-order valence-corrected chi connectivity index (χ2v) is 10.8. The van der Waals surface area contributed by atoms with E-state index in [4.69, 9.17) is 4.55 Å². The third kappa shape index (κ3) is 8.51. The van der Waals surface area contributed by atoms with E-state index in [9.17, 15) is 16.8 Å². The van der Waals surface area contributed by atoms with E-state index in [0.29, 0.717) is 12.0 Å². The Morgan fingerprint density at radius 2 is 1.31 bits per heavy atom. The van der Waals surface area contributed by atoms with E-state index < -0.39 is 18.3 Å². The number of hydrogen-bond acceptors (Lipinski definition) is 5. The second kappa shape index (κ2) is 11.6. The van der Waals surface area contributed by atoms with Gasteiger partial charge in [-0.1, -0.05) is 82.9 Å². The standard InChI is InChI=1S/C18H30O6S2/c1-2-3-4-5-6-7-8-9-10-11-14-17-15-12-13-16-18(17)24-26(22,23)25(19,20)21/h12-13,15-16H,2-11,14H2,1H3,(H,19,20,21). The minimum Gasteiger partial charge on any atom is -0.369 e. The van der Waals surface area contributed by atoms with Crippen molar-refractivity contribution in [1.29, 1.82) is 0 Å². The monoisotopic (exact) mass is 406 g/mol. The molecule has 1 aromatic rings. The molecule has 1 N–H and O–H groups in total. The van der Waals surface area contributed by atoms with Crippen LogP contribution in [0, 0.1) is 0 Å². The zero-order valence-electron chi connectivity index (χ0n) is 15.4. The lowest BCUT2D eigenvalue weighted by Crippen LogP contribution is -2.20. The third-order valence-electron chi connectivity index (χ3n) is 4.22. The van der Waals surface area contributed by atoms with E-state index in [1.165, 1.54) is 51.0 Å². The van der Waals surface area contributed by atoms with Crippen LogP contribution in [0.2, 0.25) is 0 Å². The van der Waals surface area contributed by atoms with Gasteiger partial charge in [-0.05, 0) is 24.5 Å². The van der Waals surface area contributed by atoms with E-state index >= 15 is 0 Å². The maximum Gasteiger partial charge on any atom is 0.444 e. The molecule has 0 fully saturated rings. The first-order valence-electron chi connectivity index (χ1n) is 9.27. The number of hydrogen-bond donors (Lipinski definition) is 1. The molecule has 150 valence electrons.